The molecule has 1 aromatic carbocycles. The maximum absolute atomic E-state index is 10.9. The lowest BCUT2D eigenvalue weighted by Crippen LogP contribution is -1.91. The highest BCUT2D eigenvalue weighted by atomic mass is 79.9. The van der Waals surface area contributed by atoms with Crippen LogP contribution in [-0.2, 0) is 0 Å². The number of carboxylic acids is 1. The molecule has 0 amide bonds. The number of aromatic carboxylic acids is 1. The van der Waals surface area contributed by atoms with Crippen molar-refractivity contribution < 1.29 is 14.3 Å². The lowest BCUT2D eigenvalue weighted by Gasteiger charge is -2.00. The van der Waals surface area contributed by atoms with E-state index in [-0.39, 0.29) is 5.56 Å². The molecule has 0 aliphatic carbocycles. The first-order valence-electron chi connectivity index (χ1n) is 5.78. The molecular weight excluding hydrogens is 378 g/mol. The Morgan fingerprint density at radius 1 is 1.38 bits per heavy atom. The van der Waals surface area contributed by atoms with E-state index >= 15 is 0 Å². The van der Waals surface area contributed by atoms with Crippen molar-refractivity contribution in [2.45, 2.75) is 0 Å². The topological polar surface area (TPSA) is 63.3 Å². The quantitative estimate of drug-likeness (QED) is 0.675. The number of furan rings is 1. The molecule has 0 spiro atoms. The number of aromatic nitrogens is 1. The number of carbonyl (C=O) groups is 1. The molecule has 0 aliphatic rings. The summed E-state index contributed by atoms with van der Waals surface area (Å²) < 4.78 is 6.09. The number of thiazole rings is 1. The summed E-state index contributed by atoms with van der Waals surface area (Å²) in [6.07, 6.45) is 1.20. The van der Waals surface area contributed by atoms with Gasteiger partial charge in [-0.1, -0.05) is 27.5 Å². The van der Waals surface area contributed by atoms with E-state index in [4.69, 9.17) is 21.1 Å². The van der Waals surface area contributed by atoms with Crippen molar-refractivity contribution in [2.24, 2.45) is 0 Å². The normalized spacial score (nSPS) is 10.8. The minimum atomic E-state index is -1.03. The monoisotopic (exact) mass is 383 g/mol. The molecule has 0 bridgehead atoms. The number of nitrogens with zero attached hydrogens (tertiary/aromatic N) is 1. The van der Waals surface area contributed by atoms with Crippen LogP contribution < -0.4 is 0 Å². The average Bonchev–Trinajstić information content (AvgIpc) is 3.07. The largest absolute Gasteiger partial charge is 0.478 e. The molecule has 2 heterocycles. The summed E-state index contributed by atoms with van der Waals surface area (Å²) in [5.74, 6) is -0.596. The van der Waals surface area contributed by atoms with E-state index in [1.165, 1.54) is 23.7 Å². The SMILES string of the molecule is O=C(O)c1coc(-c2csc(-c3ccc(Cl)cc3Br)n2)c1. The second-order valence-corrected chi connectivity index (χ2v) is 6.32. The summed E-state index contributed by atoms with van der Waals surface area (Å²) >= 11 is 10.8. The van der Waals surface area contributed by atoms with Gasteiger partial charge in [0.1, 0.15) is 17.0 Å². The van der Waals surface area contributed by atoms with Gasteiger partial charge in [-0.2, -0.15) is 0 Å². The Kier molecular flexibility index (Phi) is 3.84. The maximum Gasteiger partial charge on any atom is 0.338 e. The van der Waals surface area contributed by atoms with E-state index in [2.05, 4.69) is 20.9 Å². The zero-order valence-electron chi connectivity index (χ0n) is 10.3. The van der Waals surface area contributed by atoms with E-state index in [1.54, 1.807) is 12.1 Å². The van der Waals surface area contributed by atoms with Gasteiger partial charge in [0.15, 0.2) is 5.76 Å². The molecule has 3 aromatic rings. The molecule has 4 nitrogen and oxygen atoms in total. The van der Waals surface area contributed by atoms with Crippen LogP contribution in [0.1, 0.15) is 10.4 Å². The molecule has 3 rings (SSSR count). The maximum atomic E-state index is 10.9. The van der Waals surface area contributed by atoms with Gasteiger partial charge >= 0.3 is 5.97 Å². The molecule has 2 aromatic heterocycles. The molecule has 21 heavy (non-hydrogen) atoms. The van der Waals surface area contributed by atoms with E-state index in [0.29, 0.717) is 16.5 Å². The molecular formula is C14H7BrClNO3S. The predicted molar refractivity (Wildman–Crippen MR) is 84.9 cm³/mol. The third kappa shape index (κ3) is 2.88. The fourth-order valence-electron chi connectivity index (χ4n) is 1.76. The highest BCUT2D eigenvalue weighted by Crippen LogP contribution is 2.35. The van der Waals surface area contributed by atoms with Crippen LogP contribution in [0.15, 0.2) is 44.8 Å². The van der Waals surface area contributed by atoms with Gasteiger partial charge in [0.05, 0.1) is 5.56 Å². The molecule has 0 saturated carbocycles. The van der Waals surface area contributed by atoms with Crippen LogP contribution in [0.4, 0.5) is 0 Å². The van der Waals surface area contributed by atoms with Gasteiger partial charge in [-0.05, 0) is 18.2 Å². The van der Waals surface area contributed by atoms with Crippen LogP contribution in [0.5, 0.6) is 0 Å². The molecule has 0 atom stereocenters. The van der Waals surface area contributed by atoms with E-state index in [0.717, 1.165) is 15.0 Å². The Balaban J connectivity index is 1.97. The van der Waals surface area contributed by atoms with Crippen molar-refractivity contribution in [1.82, 2.24) is 4.98 Å². The zero-order valence-corrected chi connectivity index (χ0v) is 13.5. The summed E-state index contributed by atoms with van der Waals surface area (Å²) in [4.78, 5) is 15.3. The second kappa shape index (κ2) is 5.63. The van der Waals surface area contributed by atoms with Gasteiger partial charge in [0, 0.05) is 26.5 Å². The van der Waals surface area contributed by atoms with Crippen molar-refractivity contribution in [1.29, 1.82) is 0 Å². The first kappa shape index (κ1) is 14.3. The summed E-state index contributed by atoms with van der Waals surface area (Å²) in [5, 5.41) is 12.1. The van der Waals surface area contributed by atoms with Crippen molar-refractivity contribution in [3.63, 3.8) is 0 Å². The number of benzene rings is 1. The highest BCUT2D eigenvalue weighted by Gasteiger charge is 2.14. The molecule has 0 saturated heterocycles. The summed E-state index contributed by atoms with van der Waals surface area (Å²) in [7, 11) is 0. The molecule has 0 aliphatic heterocycles. The van der Waals surface area contributed by atoms with Crippen LogP contribution >= 0.6 is 38.9 Å². The third-order valence-corrected chi connectivity index (χ3v) is 4.53. The van der Waals surface area contributed by atoms with Gasteiger partial charge in [-0.3, -0.25) is 0 Å². The van der Waals surface area contributed by atoms with Crippen molar-refractivity contribution in [3.05, 3.63) is 51.0 Å². The number of carboxylic acid groups (broad SMARTS) is 1. The lowest BCUT2D eigenvalue weighted by atomic mass is 10.2. The molecule has 106 valence electrons. The van der Waals surface area contributed by atoms with Crippen LogP contribution in [0.25, 0.3) is 22.0 Å². The van der Waals surface area contributed by atoms with Gasteiger partial charge in [-0.25, -0.2) is 9.78 Å². The van der Waals surface area contributed by atoms with Gasteiger partial charge < -0.3 is 9.52 Å². The second-order valence-electron chi connectivity index (χ2n) is 4.17. The van der Waals surface area contributed by atoms with Crippen LogP contribution in [0, 0.1) is 0 Å². The van der Waals surface area contributed by atoms with E-state index < -0.39 is 5.97 Å². The number of hydrogen-bond donors (Lipinski definition) is 1. The average molecular weight is 385 g/mol. The minimum Gasteiger partial charge on any atom is -0.478 e. The Hall–Kier alpha value is -1.63. The Bertz CT molecular complexity index is 827. The van der Waals surface area contributed by atoms with Gasteiger partial charge in [-0.15, -0.1) is 11.3 Å². The van der Waals surface area contributed by atoms with Crippen LogP contribution in [0.3, 0.4) is 0 Å². The zero-order chi connectivity index (χ0) is 15.0. The van der Waals surface area contributed by atoms with Crippen molar-refractivity contribution in [2.75, 3.05) is 0 Å². The molecule has 1 N–H and O–H groups in total. The van der Waals surface area contributed by atoms with Crippen molar-refractivity contribution in [3.8, 4) is 22.0 Å². The Labute approximate surface area is 137 Å². The fourth-order valence-corrected chi connectivity index (χ4v) is 3.61. The first-order chi connectivity index (χ1) is 10.0. The lowest BCUT2D eigenvalue weighted by molar-refractivity contribution is 0.0696. The molecule has 0 radical (unpaired) electrons. The summed E-state index contributed by atoms with van der Waals surface area (Å²) in [6.45, 7) is 0. The Morgan fingerprint density at radius 2 is 2.19 bits per heavy atom. The van der Waals surface area contributed by atoms with Gasteiger partial charge in [0.25, 0.3) is 0 Å². The van der Waals surface area contributed by atoms with Crippen LogP contribution in [-0.4, -0.2) is 16.1 Å². The number of halogens is 2. The van der Waals surface area contributed by atoms with E-state index in [1.807, 2.05) is 11.4 Å². The standard InChI is InChI=1S/C14H7BrClNO3S/c15-10-4-8(16)1-2-9(10)13-17-11(6-21-13)12-3-7(5-20-12)14(18)19/h1-6H,(H,18,19). The minimum absolute atomic E-state index is 0.104. The fraction of sp³-hybridized carbons (Fsp3) is 0. The molecule has 7 heteroatoms. The van der Waals surface area contributed by atoms with Gasteiger partial charge in [0.2, 0.25) is 0 Å². The van der Waals surface area contributed by atoms with E-state index in [9.17, 15) is 4.79 Å². The first-order valence-corrected chi connectivity index (χ1v) is 7.83. The predicted octanol–water partition coefficient (Wildman–Crippen LogP) is 5.18. The summed E-state index contributed by atoms with van der Waals surface area (Å²) in [6, 6.07) is 6.92. The number of hydrogen-bond acceptors (Lipinski definition) is 4. The number of rotatable bonds is 3. The molecule has 0 unspecified atom stereocenters. The van der Waals surface area contributed by atoms with Crippen molar-refractivity contribution >= 4 is 44.8 Å². The Morgan fingerprint density at radius 3 is 2.86 bits per heavy atom. The van der Waals surface area contributed by atoms with Crippen LogP contribution in [0.2, 0.25) is 5.02 Å². The highest BCUT2D eigenvalue weighted by molar-refractivity contribution is 9.10. The molecule has 0 fully saturated rings. The third-order valence-electron chi connectivity index (χ3n) is 2.76. The smallest absolute Gasteiger partial charge is 0.338 e. The summed E-state index contributed by atoms with van der Waals surface area (Å²) in [5.41, 5.74) is 1.62.